The van der Waals surface area contributed by atoms with Crippen molar-refractivity contribution in [2.45, 2.75) is 13.3 Å². The molecule has 2 aromatic carbocycles. The number of hydrogen-bond acceptors (Lipinski definition) is 5. The van der Waals surface area contributed by atoms with Crippen LogP contribution in [0.5, 0.6) is 5.75 Å². The van der Waals surface area contributed by atoms with E-state index in [1.165, 1.54) is 30.2 Å². The third kappa shape index (κ3) is 3.91. The Bertz CT molecular complexity index is 963. The topological polar surface area (TPSA) is 102 Å². The Kier molecular flexibility index (Phi) is 5.51. The molecule has 0 radical (unpaired) electrons. The Morgan fingerprint density at radius 3 is 2.71 bits per heavy atom. The number of halogens is 1. The lowest BCUT2D eigenvalue weighted by Crippen LogP contribution is -2.28. The summed E-state index contributed by atoms with van der Waals surface area (Å²) in [7, 11) is 1.52. The highest BCUT2D eigenvalue weighted by atomic mass is 35.5. The molecule has 9 heteroatoms. The number of carbonyl (C=O) groups excluding carboxylic acids is 2. The highest BCUT2D eigenvalue weighted by Gasteiger charge is 2.36. The molecule has 2 aromatic rings. The van der Waals surface area contributed by atoms with Crippen molar-refractivity contribution < 1.29 is 19.2 Å². The zero-order chi connectivity index (χ0) is 20.4. The van der Waals surface area contributed by atoms with Crippen LogP contribution in [0.3, 0.4) is 0 Å². The molecule has 0 aliphatic carbocycles. The predicted molar refractivity (Wildman–Crippen MR) is 105 cm³/mol. The fourth-order valence-corrected chi connectivity index (χ4v) is 3.30. The molecule has 1 heterocycles. The second kappa shape index (κ2) is 7.85. The highest BCUT2D eigenvalue weighted by molar-refractivity contribution is 6.34. The van der Waals surface area contributed by atoms with Crippen LogP contribution >= 0.6 is 11.6 Å². The first-order valence-corrected chi connectivity index (χ1v) is 8.87. The SMILES string of the molecule is COc1ccc(C)cc1N1CC(C(=O)Nc2ccc([N+](=O)[O-])cc2Cl)CC1=O. The Labute approximate surface area is 166 Å². The fourth-order valence-electron chi connectivity index (χ4n) is 3.08. The van der Waals surface area contributed by atoms with Crippen LogP contribution in [0.4, 0.5) is 17.1 Å². The smallest absolute Gasteiger partial charge is 0.271 e. The number of benzene rings is 2. The van der Waals surface area contributed by atoms with Gasteiger partial charge in [-0.05, 0) is 30.7 Å². The maximum absolute atomic E-state index is 12.6. The molecule has 0 spiro atoms. The lowest BCUT2D eigenvalue weighted by molar-refractivity contribution is -0.384. The minimum absolute atomic E-state index is 0.0491. The molecule has 28 heavy (non-hydrogen) atoms. The molecule has 8 nitrogen and oxygen atoms in total. The number of nitro groups is 1. The van der Waals surface area contributed by atoms with E-state index in [0.29, 0.717) is 11.4 Å². The fraction of sp³-hybridized carbons (Fsp3) is 0.263. The first-order valence-electron chi connectivity index (χ1n) is 8.50. The molecule has 1 N–H and O–H groups in total. The molecular weight excluding hydrogens is 386 g/mol. The molecule has 0 aromatic heterocycles. The lowest BCUT2D eigenvalue weighted by atomic mass is 10.1. The van der Waals surface area contributed by atoms with Crippen molar-refractivity contribution >= 4 is 40.5 Å². The van der Waals surface area contributed by atoms with Gasteiger partial charge in [-0.3, -0.25) is 19.7 Å². The molecule has 1 saturated heterocycles. The van der Waals surface area contributed by atoms with Crippen LogP contribution in [0.15, 0.2) is 36.4 Å². The lowest BCUT2D eigenvalue weighted by Gasteiger charge is -2.20. The van der Waals surface area contributed by atoms with Gasteiger partial charge >= 0.3 is 0 Å². The van der Waals surface area contributed by atoms with Crippen LogP contribution in [0, 0.1) is 23.0 Å². The molecule has 1 aliphatic rings. The number of non-ortho nitro benzene ring substituents is 1. The number of anilines is 2. The van der Waals surface area contributed by atoms with Crippen molar-refractivity contribution in [2.75, 3.05) is 23.9 Å². The van der Waals surface area contributed by atoms with Crippen molar-refractivity contribution in [3.8, 4) is 5.75 Å². The van der Waals surface area contributed by atoms with Gasteiger partial charge in [0.25, 0.3) is 5.69 Å². The molecule has 1 fully saturated rings. The highest BCUT2D eigenvalue weighted by Crippen LogP contribution is 2.34. The maximum Gasteiger partial charge on any atom is 0.271 e. The summed E-state index contributed by atoms with van der Waals surface area (Å²) < 4.78 is 5.33. The van der Waals surface area contributed by atoms with E-state index in [1.54, 1.807) is 6.07 Å². The average molecular weight is 404 g/mol. The van der Waals surface area contributed by atoms with Crippen molar-refractivity contribution in [1.82, 2.24) is 0 Å². The number of aryl methyl sites for hydroxylation is 1. The molecule has 1 atom stereocenters. The number of nitro benzene ring substituents is 1. The predicted octanol–water partition coefficient (Wildman–Crippen LogP) is 3.56. The van der Waals surface area contributed by atoms with Crippen LogP contribution in [-0.4, -0.2) is 30.4 Å². The van der Waals surface area contributed by atoms with Gasteiger partial charge in [0, 0.05) is 25.1 Å². The summed E-state index contributed by atoms with van der Waals surface area (Å²) in [6.07, 6.45) is 0.0491. The summed E-state index contributed by atoms with van der Waals surface area (Å²) in [4.78, 5) is 36.9. The largest absolute Gasteiger partial charge is 0.495 e. The van der Waals surface area contributed by atoms with Crippen molar-refractivity contribution in [2.24, 2.45) is 5.92 Å². The minimum Gasteiger partial charge on any atom is -0.495 e. The van der Waals surface area contributed by atoms with Gasteiger partial charge in [-0.2, -0.15) is 0 Å². The molecular formula is C19H18ClN3O5. The summed E-state index contributed by atoms with van der Waals surface area (Å²) in [6.45, 7) is 2.11. The summed E-state index contributed by atoms with van der Waals surface area (Å²) in [5.74, 6) is -0.584. The van der Waals surface area contributed by atoms with Gasteiger partial charge < -0.3 is 15.0 Å². The molecule has 2 amide bonds. The molecule has 3 rings (SSSR count). The summed E-state index contributed by atoms with van der Waals surface area (Å²) in [5, 5.41) is 13.5. The monoisotopic (exact) mass is 403 g/mol. The first kappa shape index (κ1) is 19.6. The Morgan fingerprint density at radius 1 is 1.32 bits per heavy atom. The third-order valence-electron chi connectivity index (χ3n) is 4.54. The third-order valence-corrected chi connectivity index (χ3v) is 4.86. The first-order chi connectivity index (χ1) is 13.3. The van der Waals surface area contributed by atoms with Crippen molar-refractivity contribution in [3.05, 3.63) is 57.1 Å². The van der Waals surface area contributed by atoms with Gasteiger partial charge in [0.05, 0.1) is 34.3 Å². The molecule has 146 valence electrons. The number of methoxy groups -OCH3 is 1. The summed E-state index contributed by atoms with van der Waals surface area (Å²) >= 11 is 6.02. The Balaban J connectivity index is 1.76. The second-order valence-electron chi connectivity index (χ2n) is 6.49. The number of rotatable bonds is 5. The van der Waals surface area contributed by atoms with Crippen LogP contribution in [0.2, 0.25) is 5.02 Å². The van der Waals surface area contributed by atoms with E-state index in [1.807, 2.05) is 19.1 Å². The molecule has 0 bridgehead atoms. The number of hydrogen-bond donors (Lipinski definition) is 1. The minimum atomic E-state index is -0.580. The van der Waals surface area contributed by atoms with Crippen LogP contribution in [0.25, 0.3) is 0 Å². The van der Waals surface area contributed by atoms with E-state index in [4.69, 9.17) is 16.3 Å². The van der Waals surface area contributed by atoms with E-state index in [-0.39, 0.29) is 41.2 Å². The standard InChI is InChI=1S/C19H18ClN3O5/c1-11-3-6-17(28-2)16(7-11)22-10-12(8-18(22)24)19(25)21-15-5-4-13(23(26)27)9-14(15)20/h3-7,9,12H,8,10H2,1-2H3,(H,21,25). The van der Waals surface area contributed by atoms with Gasteiger partial charge in [0.2, 0.25) is 11.8 Å². The zero-order valence-electron chi connectivity index (χ0n) is 15.3. The number of carbonyl (C=O) groups is 2. The van der Waals surface area contributed by atoms with E-state index >= 15 is 0 Å². The van der Waals surface area contributed by atoms with Crippen molar-refractivity contribution in [1.29, 1.82) is 0 Å². The molecule has 0 saturated carbocycles. The molecule has 1 unspecified atom stereocenters. The van der Waals surface area contributed by atoms with Gasteiger partial charge in [-0.15, -0.1) is 0 Å². The second-order valence-corrected chi connectivity index (χ2v) is 6.90. The Morgan fingerprint density at radius 2 is 2.07 bits per heavy atom. The number of nitrogens with one attached hydrogen (secondary N) is 1. The van der Waals surface area contributed by atoms with Crippen LogP contribution in [0.1, 0.15) is 12.0 Å². The van der Waals surface area contributed by atoms with Crippen molar-refractivity contribution in [3.63, 3.8) is 0 Å². The van der Waals surface area contributed by atoms with Gasteiger partial charge in [-0.25, -0.2) is 0 Å². The van der Waals surface area contributed by atoms with E-state index in [0.717, 1.165) is 5.56 Å². The number of ether oxygens (including phenoxy) is 1. The summed E-state index contributed by atoms with van der Waals surface area (Å²) in [6, 6.07) is 9.29. The van der Waals surface area contributed by atoms with E-state index in [2.05, 4.69) is 5.32 Å². The van der Waals surface area contributed by atoms with Crippen LogP contribution < -0.4 is 15.0 Å². The van der Waals surface area contributed by atoms with Gasteiger partial charge in [0.15, 0.2) is 0 Å². The normalized spacial score (nSPS) is 16.2. The number of amides is 2. The van der Waals surface area contributed by atoms with E-state index < -0.39 is 10.8 Å². The molecule has 1 aliphatic heterocycles. The Hall–Kier alpha value is -3.13. The quantitative estimate of drug-likeness (QED) is 0.607. The maximum atomic E-state index is 12.6. The van der Waals surface area contributed by atoms with Crippen LogP contribution in [-0.2, 0) is 9.59 Å². The summed E-state index contributed by atoms with van der Waals surface area (Å²) in [5.41, 5.74) is 1.68. The van der Waals surface area contributed by atoms with Gasteiger partial charge in [-0.1, -0.05) is 17.7 Å². The zero-order valence-corrected chi connectivity index (χ0v) is 16.0. The van der Waals surface area contributed by atoms with Gasteiger partial charge in [0.1, 0.15) is 5.75 Å². The number of nitrogens with zero attached hydrogens (tertiary/aromatic N) is 2. The average Bonchev–Trinajstić information content (AvgIpc) is 3.04. The van der Waals surface area contributed by atoms with E-state index in [9.17, 15) is 19.7 Å².